The summed E-state index contributed by atoms with van der Waals surface area (Å²) < 4.78 is 15.7. The molecule has 31 heavy (non-hydrogen) atoms. The van der Waals surface area contributed by atoms with Gasteiger partial charge in [0.05, 0.1) is 32.2 Å². The van der Waals surface area contributed by atoms with E-state index in [0.717, 1.165) is 4.90 Å². The average molecular weight is 423 g/mol. The number of hydrazone groups is 1. The van der Waals surface area contributed by atoms with Gasteiger partial charge in [0, 0.05) is 6.07 Å². The van der Waals surface area contributed by atoms with Gasteiger partial charge in [-0.05, 0) is 31.2 Å². The van der Waals surface area contributed by atoms with Crippen molar-refractivity contribution in [3.63, 3.8) is 0 Å². The Bertz CT molecular complexity index is 1080. The molecule has 2 amide bonds. The summed E-state index contributed by atoms with van der Waals surface area (Å²) in [5.41, 5.74) is 0.713. The van der Waals surface area contributed by atoms with E-state index in [2.05, 4.69) is 5.10 Å². The number of fused-ring (bicyclic) bond motifs is 1. The van der Waals surface area contributed by atoms with E-state index >= 15 is 0 Å². The predicted octanol–water partition coefficient (Wildman–Crippen LogP) is 2.00. The van der Waals surface area contributed by atoms with Crippen LogP contribution in [0.4, 0.5) is 11.4 Å². The first-order valence-corrected chi connectivity index (χ1v) is 9.71. The first-order valence-electron chi connectivity index (χ1n) is 9.71. The Balaban J connectivity index is 1.82. The van der Waals surface area contributed by atoms with Crippen LogP contribution < -0.4 is 19.4 Å². The van der Waals surface area contributed by atoms with Crippen LogP contribution in [-0.2, 0) is 19.1 Å². The molecule has 0 unspecified atom stereocenters. The Morgan fingerprint density at radius 1 is 1.03 bits per heavy atom. The van der Waals surface area contributed by atoms with E-state index in [1.54, 1.807) is 55.5 Å². The molecule has 9 heteroatoms. The zero-order chi connectivity index (χ0) is 22.1. The summed E-state index contributed by atoms with van der Waals surface area (Å²) in [5, 5.41) is 5.71. The number of imide groups is 1. The van der Waals surface area contributed by atoms with Crippen molar-refractivity contribution >= 4 is 34.9 Å². The Morgan fingerprint density at radius 2 is 1.81 bits per heavy atom. The lowest BCUT2D eigenvalue weighted by Crippen LogP contribution is -2.39. The summed E-state index contributed by atoms with van der Waals surface area (Å²) in [6.45, 7) is 1.78. The highest BCUT2D eigenvalue weighted by atomic mass is 16.5. The van der Waals surface area contributed by atoms with Gasteiger partial charge in [-0.1, -0.05) is 18.2 Å². The molecule has 9 nitrogen and oxygen atoms in total. The van der Waals surface area contributed by atoms with Crippen molar-refractivity contribution in [1.82, 2.24) is 0 Å². The van der Waals surface area contributed by atoms with Crippen LogP contribution in [0.5, 0.6) is 11.5 Å². The third-order valence-corrected chi connectivity index (χ3v) is 5.18. The summed E-state index contributed by atoms with van der Waals surface area (Å²) in [4.78, 5) is 40.5. The molecule has 2 aliphatic heterocycles. The van der Waals surface area contributed by atoms with Crippen LogP contribution in [0.25, 0.3) is 0 Å². The molecule has 2 heterocycles. The van der Waals surface area contributed by atoms with E-state index in [4.69, 9.17) is 14.2 Å². The maximum Gasteiger partial charge on any atom is 0.355 e. The highest BCUT2D eigenvalue weighted by Crippen LogP contribution is 2.41. The SMILES string of the molecule is CCOC(=O)C1=NN(c2cccc(OC)c2)[C@H]2C(=O)N(c3ccccc3OC)C(=O)[C@H]12. The minimum Gasteiger partial charge on any atom is -0.497 e. The van der Waals surface area contributed by atoms with Gasteiger partial charge in [0.15, 0.2) is 5.71 Å². The van der Waals surface area contributed by atoms with Gasteiger partial charge in [-0.25, -0.2) is 9.69 Å². The van der Waals surface area contributed by atoms with E-state index in [1.807, 2.05) is 0 Å². The standard InChI is InChI=1S/C22H21N3O6/c1-4-31-22(28)18-17-19(25(23-18)13-8-7-9-14(12-13)29-2)21(27)24(20(17)26)15-10-5-6-11-16(15)30-3/h5-12,17,19H,4H2,1-3H3/t17-,19-/m1/s1. The second kappa shape index (κ2) is 8.10. The van der Waals surface area contributed by atoms with Crippen molar-refractivity contribution < 1.29 is 28.6 Å². The fourth-order valence-electron chi connectivity index (χ4n) is 3.81. The molecule has 2 atom stereocenters. The topological polar surface area (TPSA) is 97.7 Å². The van der Waals surface area contributed by atoms with Gasteiger partial charge in [-0.3, -0.25) is 14.6 Å². The summed E-state index contributed by atoms with van der Waals surface area (Å²) >= 11 is 0. The van der Waals surface area contributed by atoms with Gasteiger partial charge < -0.3 is 14.2 Å². The van der Waals surface area contributed by atoms with E-state index in [0.29, 0.717) is 22.9 Å². The predicted molar refractivity (Wildman–Crippen MR) is 112 cm³/mol. The molecule has 0 radical (unpaired) electrons. The number of carbonyl (C=O) groups is 3. The van der Waals surface area contributed by atoms with E-state index in [1.165, 1.54) is 19.2 Å². The second-order valence-corrected chi connectivity index (χ2v) is 6.86. The van der Waals surface area contributed by atoms with Gasteiger partial charge >= 0.3 is 5.97 Å². The number of nitrogens with zero attached hydrogens (tertiary/aromatic N) is 3. The highest BCUT2D eigenvalue weighted by molar-refractivity contribution is 6.47. The molecule has 0 aromatic heterocycles. The molecule has 160 valence electrons. The number of para-hydroxylation sites is 2. The van der Waals surface area contributed by atoms with E-state index < -0.39 is 29.7 Å². The smallest absolute Gasteiger partial charge is 0.355 e. The number of benzene rings is 2. The normalized spacial score (nSPS) is 19.9. The fraction of sp³-hybridized carbons (Fsp3) is 0.273. The van der Waals surface area contributed by atoms with E-state index in [-0.39, 0.29) is 12.3 Å². The van der Waals surface area contributed by atoms with Crippen LogP contribution in [0, 0.1) is 5.92 Å². The molecule has 0 bridgehead atoms. The Labute approximate surface area is 178 Å². The number of esters is 1. The number of ether oxygens (including phenoxy) is 3. The van der Waals surface area contributed by atoms with E-state index in [9.17, 15) is 14.4 Å². The number of carbonyl (C=O) groups excluding carboxylic acids is 3. The van der Waals surface area contributed by atoms with Crippen molar-refractivity contribution in [2.75, 3.05) is 30.7 Å². The van der Waals surface area contributed by atoms with Crippen LogP contribution in [-0.4, -0.2) is 50.4 Å². The monoisotopic (exact) mass is 423 g/mol. The minimum absolute atomic E-state index is 0.106. The summed E-state index contributed by atoms with van der Waals surface area (Å²) in [7, 11) is 2.98. The van der Waals surface area contributed by atoms with Gasteiger partial charge in [0.25, 0.3) is 5.91 Å². The third kappa shape index (κ3) is 3.27. The summed E-state index contributed by atoms with van der Waals surface area (Å²) in [6.07, 6.45) is 0. The summed E-state index contributed by atoms with van der Waals surface area (Å²) in [6, 6.07) is 12.6. The molecule has 0 saturated carbocycles. The maximum absolute atomic E-state index is 13.5. The van der Waals surface area contributed by atoms with Crippen molar-refractivity contribution in [2.45, 2.75) is 13.0 Å². The zero-order valence-electron chi connectivity index (χ0n) is 17.3. The molecule has 4 rings (SSSR count). The third-order valence-electron chi connectivity index (χ3n) is 5.18. The number of methoxy groups -OCH3 is 2. The van der Waals surface area contributed by atoms with Crippen LogP contribution in [0.1, 0.15) is 6.92 Å². The van der Waals surface area contributed by atoms with Gasteiger partial charge in [0.1, 0.15) is 23.5 Å². The lowest BCUT2D eigenvalue weighted by molar-refractivity contribution is -0.136. The van der Waals surface area contributed by atoms with Crippen molar-refractivity contribution in [1.29, 1.82) is 0 Å². The Kier molecular flexibility index (Phi) is 5.33. The van der Waals surface area contributed by atoms with Crippen molar-refractivity contribution in [3.05, 3.63) is 48.5 Å². The Morgan fingerprint density at radius 3 is 2.52 bits per heavy atom. The molecule has 2 aromatic carbocycles. The molecule has 2 aromatic rings. The number of amides is 2. The van der Waals surface area contributed by atoms with Gasteiger partial charge in [0.2, 0.25) is 5.91 Å². The first kappa shape index (κ1) is 20.4. The number of hydrogen-bond donors (Lipinski definition) is 0. The lowest BCUT2D eigenvalue weighted by Gasteiger charge is -2.23. The second-order valence-electron chi connectivity index (χ2n) is 6.86. The average Bonchev–Trinajstić information content (AvgIpc) is 3.31. The van der Waals surface area contributed by atoms with Crippen LogP contribution in [0.3, 0.4) is 0 Å². The fourth-order valence-corrected chi connectivity index (χ4v) is 3.81. The number of anilines is 2. The first-order chi connectivity index (χ1) is 15.0. The van der Waals surface area contributed by atoms with Crippen LogP contribution in [0.2, 0.25) is 0 Å². The molecular weight excluding hydrogens is 402 g/mol. The van der Waals surface area contributed by atoms with Gasteiger partial charge in [-0.2, -0.15) is 5.10 Å². The largest absolute Gasteiger partial charge is 0.497 e. The number of rotatable bonds is 6. The zero-order valence-corrected chi connectivity index (χ0v) is 17.3. The molecule has 2 aliphatic rings. The molecule has 1 saturated heterocycles. The number of hydrogen-bond acceptors (Lipinski definition) is 8. The molecule has 0 spiro atoms. The highest BCUT2D eigenvalue weighted by Gasteiger charge is 2.59. The van der Waals surface area contributed by atoms with Crippen molar-refractivity contribution in [3.8, 4) is 11.5 Å². The maximum atomic E-state index is 13.5. The lowest BCUT2D eigenvalue weighted by atomic mass is 9.97. The van der Waals surface area contributed by atoms with Gasteiger partial charge in [-0.15, -0.1) is 0 Å². The summed E-state index contributed by atoms with van der Waals surface area (Å²) in [5.74, 6) is -1.98. The molecule has 0 aliphatic carbocycles. The van der Waals surface area contributed by atoms with Crippen LogP contribution in [0.15, 0.2) is 53.6 Å². The quantitative estimate of drug-likeness (QED) is 0.518. The molecular formula is C22H21N3O6. The molecule has 0 N–H and O–H groups in total. The molecule has 1 fully saturated rings. The minimum atomic E-state index is -1.09. The Hall–Kier alpha value is -3.88. The van der Waals surface area contributed by atoms with Crippen molar-refractivity contribution in [2.24, 2.45) is 11.0 Å². The van der Waals surface area contributed by atoms with Crippen LogP contribution >= 0.6 is 0 Å².